The van der Waals surface area contributed by atoms with E-state index in [0.29, 0.717) is 23.5 Å². The van der Waals surface area contributed by atoms with E-state index in [9.17, 15) is 9.59 Å². The van der Waals surface area contributed by atoms with Crippen molar-refractivity contribution in [1.29, 1.82) is 0 Å². The molecule has 0 aliphatic carbocycles. The molecule has 1 N–H and O–H groups in total. The second-order valence-corrected chi connectivity index (χ2v) is 5.95. The third-order valence-electron chi connectivity index (χ3n) is 3.53. The molecule has 1 aromatic rings. The van der Waals surface area contributed by atoms with Crippen LogP contribution in [0.15, 0.2) is 0 Å². The van der Waals surface area contributed by atoms with Gasteiger partial charge in [-0.1, -0.05) is 0 Å². The molecule has 110 valence electrons. The van der Waals surface area contributed by atoms with E-state index in [2.05, 4.69) is 4.98 Å². The zero-order valence-corrected chi connectivity index (χ0v) is 12.6. The first-order valence-corrected chi connectivity index (χ1v) is 7.28. The van der Waals surface area contributed by atoms with E-state index in [1.165, 1.54) is 11.3 Å². The van der Waals surface area contributed by atoms with E-state index in [0.717, 1.165) is 5.01 Å². The standard InChI is InChI=1S/C13H18N2O4S/c1-7-10(20-11(14-7)8(2)19-3)12(16)15-5-4-9(6-15)13(17)18/h8-9H,4-6H2,1-3H3,(H,17,18)/t8-,9+/m0/s1. The average molecular weight is 298 g/mol. The van der Waals surface area contributed by atoms with Gasteiger partial charge in [0, 0.05) is 20.2 Å². The van der Waals surface area contributed by atoms with Crippen LogP contribution in [0.2, 0.25) is 0 Å². The monoisotopic (exact) mass is 298 g/mol. The highest BCUT2D eigenvalue weighted by Gasteiger charge is 2.33. The summed E-state index contributed by atoms with van der Waals surface area (Å²) < 4.78 is 5.20. The molecule has 2 rings (SSSR count). The summed E-state index contributed by atoms with van der Waals surface area (Å²) in [5.41, 5.74) is 0.678. The number of methoxy groups -OCH3 is 1. The Morgan fingerprint density at radius 2 is 2.25 bits per heavy atom. The Morgan fingerprint density at radius 3 is 2.80 bits per heavy atom. The number of aromatic nitrogens is 1. The number of thiazole rings is 1. The molecule has 1 amide bonds. The Bertz CT molecular complexity index is 528. The number of hydrogen-bond donors (Lipinski definition) is 1. The molecule has 0 spiro atoms. The van der Waals surface area contributed by atoms with Crippen LogP contribution in [0, 0.1) is 12.8 Å². The molecular weight excluding hydrogens is 280 g/mol. The van der Waals surface area contributed by atoms with Crippen molar-refractivity contribution in [3.63, 3.8) is 0 Å². The predicted molar refractivity (Wildman–Crippen MR) is 73.9 cm³/mol. The highest BCUT2D eigenvalue weighted by Crippen LogP contribution is 2.28. The van der Waals surface area contributed by atoms with Crippen LogP contribution < -0.4 is 0 Å². The largest absolute Gasteiger partial charge is 0.481 e. The van der Waals surface area contributed by atoms with E-state index >= 15 is 0 Å². The van der Waals surface area contributed by atoms with E-state index in [-0.39, 0.29) is 18.6 Å². The van der Waals surface area contributed by atoms with Gasteiger partial charge in [0.2, 0.25) is 0 Å². The van der Waals surface area contributed by atoms with Crippen LogP contribution in [0.3, 0.4) is 0 Å². The predicted octanol–water partition coefficient (Wildman–Crippen LogP) is 1.71. The lowest BCUT2D eigenvalue weighted by Crippen LogP contribution is -2.29. The van der Waals surface area contributed by atoms with Crippen molar-refractivity contribution in [1.82, 2.24) is 9.88 Å². The maximum absolute atomic E-state index is 12.4. The van der Waals surface area contributed by atoms with Crippen LogP contribution >= 0.6 is 11.3 Å². The maximum Gasteiger partial charge on any atom is 0.308 e. The maximum atomic E-state index is 12.4. The molecule has 1 saturated heterocycles. The minimum Gasteiger partial charge on any atom is -0.481 e. The van der Waals surface area contributed by atoms with Crippen molar-refractivity contribution in [3.8, 4) is 0 Å². The van der Waals surface area contributed by atoms with Crippen molar-refractivity contribution < 1.29 is 19.4 Å². The van der Waals surface area contributed by atoms with E-state index in [4.69, 9.17) is 9.84 Å². The van der Waals surface area contributed by atoms with Crippen LogP contribution in [0.4, 0.5) is 0 Å². The topological polar surface area (TPSA) is 79.7 Å². The van der Waals surface area contributed by atoms with Gasteiger partial charge in [-0.05, 0) is 20.3 Å². The van der Waals surface area contributed by atoms with Gasteiger partial charge < -0.3 is 14.7 Å². The molecule has 0 bridgehead atoms. The third kappa shape index (κ3) is 2.83. The zero-order chi connectivity index (χ0) is 14.9. The molecule has 1 fully saturated rings. The number of carbonyl (C=O) groups excluding carboxylic acids is 1. The molecule has 2 heterocycles. The summed E-state index contributed by atoms with van der Waals surface area (Å²) in [6, 6.07) is 0. The smallest absolute Gasteiger partial charge is 0.308 e. The number of nitrogens with zero attached hydrogens (tertiary/aromatic N) is 2. The Balaban J connectivity index is 2.14. The number of aliphatic carboxylic acids is 1. The first kappa shape index (κ1) is 14.9. The summed E-state index contributed by atoms with van der Waals surface area (Å²) in [5, 5.41) is 9.75. The molecule has 7 heteroatoms. The highest BCUT2D eigenvalue weighted by atomic mass is 32.1. The number of hydrogen-bond acceptors (Lipinski definition) is 5. The molecule has 0 saturated carbocycles. The van der Waals surface area contributed by atoms with Gasteiger partial charge in [-0.3, -0.25) is 9.59 Å². The van der Waals surface area contributed by atoms with Gasteiger partial charge in [0.05, 0.1) is 11.6 Å². The fourth-order valence-corrected chi connectivity index (χ4v) is 3.24. The summed E-state index contributed by atoms with van der Waals surface area (Å²) in [6.45, 7) is 4.44. The van der Waals surface area contributed by atoms with E-state index < -0.39 is 11.9 Å². The van der Waals surface area contributed by atoms with Crippen LogP contribution in [-0.2, 0) is 9.53 Å². The average Bonchev–Trinajstić information content (AvgIpc) is 3.03. The van der Waals surface area contributed by atoms with Crippen LogP contribution in [0.1, 0.15) is 39.8 Å². The number of carbonyl (C=O) groups is 2. The van der Waals surface area contributed by atoms with Gasteiger partial charge in [-0.2, -0.15) is 0 Å². The molecule has 0 radical (unpaired) electrons. The molecule has 20 heavy (non-hydrogen) atoms. The molecule has 0 aromatic carbocycles. The summed E-state index contributed by atoms with van der Waals surface area (Å²) in [5.74, 6) is -1.42. The van der Waals surface area contributed by atoms with Gasteiger partial charge >= 0.3 is 5.97 Å². The number of ether oxygens (including phenoxy) is 1. The van der Waals surface area contributed by atoms with Gasteiger partial charge in [0.15, 0.2) is 0 Å². The number of likely N-dealkylation sites (tertiary alicyclic amines) is 1. The van der Waals surface area contributed by atoms with E-state index in [1.54, 1.807) is 18.9 Å². The normalized spacial score (nSPS) is 20.1. The van der Waals surface area contributed by atoms with Crippen molar-refractivity contribution in [3.05, 3.63) is 15.6 Å². The summed E-state index contributed by atoms with van der Waals surface area (Å²) >= 11 is 1.32. The Labute approximate surface area is 121 Å². The Kier molecular flexibility index (Phi) is 4.39. The molecular formula is C13H18N2O4S. The lowest BCUT2D eigenvalue weighted by atomic mass is 10.1. The Hall–Kier alpha value is -1.47. The SMILES string of the molecule is CO[C@@H](C)c1nc(C)c(C(=O)N2CC[C@@H](C(=O)O)C2)s1. The molecule has 0 unspecified atom stereocenters. The second-order valence-electron chi connectivity index (χ2n) is 4.92. The first-order valence-electron chi connectivity index (χ1n) is 6.46. The van der Waals surface area contributed by atoms with Crippen LogP contribution in [-0.4, -0.2) is 47.1 Å². The van der Waals surface area contributed by atoms with Gasteiger partial charge in [0.1, 0.15) is 16.0 Å². The molecule has 1 aliphatic heterocycles. The summed E-state index contributed by atoms with van der Waals surface area (Å²) in [4.78, 5) is 29.9. The number of rotatable bonds is 4. The number of carboxylic acids is 1. The van der Waals surface area contributed by atoms with Crippen LogP contribution in [0.5, 0.6) is 0 Å². The van der Waals surface area contributed by atoms with Crippen molar-refractivity contribution in [2.24, 2.45) is 5.92 Å². The van der Waals surface area contributed by atoms with Gasteiger partial charge in [-0.25, -0.2) is 4.98 Å². The molecule has 6 nitrogen and oxygen atoms in total. The Morgan fingerprint density at radius 1 is 1.55 bits per heavy atom. The molecule has 1 aromatic heterocycles. The first-order chi connectivity index (χ1) is 9.43. The lowest BCUT2D eigenvalue weighted by Gasteiger charge is -2.14. The van der Waals surface area contributed by atoms with Crippen molar-refractivity contribution in [2.75, 3.05) is 20.2 Å². The summed E-state index contributed by atoms with van der Waals surface area (Å²) in [6.07, 6.45) is 0.367. The molecule has 1 aliphatic rings. The second kappa shape index (κ2) is 5.88. The van der Waals surface area contributed by atoms with Gasteiger partial charge in [0.25, 0.3) is 5.91 Å². The van der Waals surface area contributed by atoms with Gasteiger partial charge in [-0.15, -0.1) is 11.3 Å². The number of aryl methyl sites for hydroxylation is 1. The van der Waals surface area contributed by atoms with Crippen molar-refractivity contribution >= 4 is 23.2 Å². The van der Waals surface area contributed by atoms with E-state index in [1.807, 2.05) is 6.92 Å². The fourth-order valence-electron chi connectivity index (χ4n) is 2.18. The van der Waals surface area contributed by atoms with Crippen molar-refractivity contribution in [2.45, 2.75) is 26.4 Å². The molecule has 2 atom stereocenters. The van der Waals surface area contributed by atoms with Crippen LogP contribution in [0.25, 0.3) is 0 Å². The third-order valence-corrected chi connectivity index (χ3v) is 4.84. The summed E-state index contributed by atoms with van der Waals surface area (Å²) in [7, 11) is 1.60. The fraction of sp³-hybridized carbons (Fsp3) is 0.615. The minimum atomic E-state index is -0.838. The number of amides is 1. The zero-order valence-electron chi connectivity index (χ0n) is 11.8. The highest BCUT2D eigenvalue weighted by molar-refractivity contribution is 7.13. The lowest BCUT2D eigenvalue weighted by molar-refractivity contribution is -0.141. The number of carboxylic acid groups (broad SMARTS) is 1. The minimum absolute atomic E-state index is 0.127. The quantitative estimate of drug-likeness (QED) is 0.915.